The zero-order chi connectivity index (χ0) is 19.9. The molecule has 0 radical (unpaired) electrons. The highest BCUT2D eigenvalue weighted by Crippen LogP contribution is 2.24. The molecule has 1 saturated heterocycles. The molecule has 1 aliphatic heterocycles. The Kier molecular flexibility index (Phi) is 7.20. The maximum Gasteiger partial charge on any atom is 0.122 e. The van der Waals surface area contributed by atoms with Crippen LogP contribution in [0.4, 0.5) is 0 Å². The molecule has 0 aromatic heterocycles. The van der Waals surface area contributed by atoms with E-state index >= 15 is 0 Å². The van der Waals surface area contributed by atoms with Gasteiger partial charge in [-0.15, -0.1) is 0 Å². The number of nitrogens with two attached hydrogens (primary N) is 1. The molecule has 5 N–H and O–H groups in total. The fourth-order valence-corrected chi connectivity index (χ4v) is 3.97. The fourth-order valence-electron chi connectivity index (χ4n) is 3.97. The monoisotopic (exact) mass is 380 g/mol. The molecule has 2 aromatic rings. The molecule has 0 saturated carbocycles. The molecule has 0 amide bonds. The van der Waals surface area contributed by atoms with E-state index in [-0.39, 0.29) is 12.4 Å². The summed E-state index contributed by atoms with van der Waals surface area (Å²) in [5.74, 6) is 0.813. The van der Waals surface area contributed by atoms with Crippen molar-refractivity contribution in [1.29, 1.82) is 5.41 Å². The van der Waals surface area contributed by atoms with Gasteiger partial charge in [0.05, 0.1) is 6.61 Å². The van der Waals surface area contributed by atoms with Gasteiger partial charge in [-0.1, -0.05) is 35.9 Å². The molecule has 2 aromatic carbocycles. The third-order valence-corrected chi connectivity index (χ3v) is 5.53. The smallest absolute Gasteiger partial charge is 0.122 e. The van der Waals surface area contributed by atoms with Crippen LogP contribution in [0.25, 0.3) is 11.1 Å². The minimum absolute atomic E-state index is 0.0985. The molecule has 0 unspecified atom stereocenters. The second-order valence-electron chi connectivity index (χ2n) is 7.84. The van der Waals surface area contributed by atoms with E-state index in [9.17, 15) is 0 Å². The lowest BCUT2D eigenvalue weighted by Crippen LogP contribution is -2.38. The van der Waals surface area contributed by atoms with Crippen LogP contribution in [-0.2, 0) is 6.54 Å². The zero-order valence-electron chi connectivity index (χ0n) is 16.7. The number of benzene rings is 2. The first-order valence-corrected chi connectivity index (χ1v) is 10.1. The first-order valence-electron chi connectivity index (χ1n) is 10.1. The second-order valence-corrected chi connectivity index (χ2v) is 7.84. The van der Waals surface area contributed by atoms with Crippen LogP contribution in [0.1, 0.15) is 29.5 Å². The van der Waals surface area contributed by atoms with Crippen molar-refractivity contribution in [3.8, 4) is 11.1 Å². The van der Waals surface area contributed by atoms with Gasteiger partial charge >= 0.3 is 0 Å². The van der Waals surface area contributed by atoms with E-state index in [2.05, 4.69) is 41.4 Å². The van der Waals surface area contributed by atoms with Crippen LogP contribution < -0.4 is 11.1 Å². The van der Waals surface area contributed by atoms with E-state index in [0.717, 1.165) is 49.4 Å². The number of amidine groups is 1. The number of hydrogen-bond acceptors (Lipinski definition) is 4. The summed E-state index contributed by atoms with van der Waals surface area (Å²) in [6, 6.07) is 14.5. The fraction of sp³-hybridized carbons (Fsp3) is 0.435. The number of nitrogen functional groups attached to an aromatic ring is 1. The standard InChI is InChI=1S/C23H32N4O/c1-17-11-19(16-26-15-18-5-7-27(8-6-18)9-10-28)13-22(12-17)20-3-2-4-21(14-20)23(24)25/h2-4,11-14,18,26,28H,5-10,15-16H2,1H3,(H3,24,25). The van der Waals surface area contributed by atoms with Crippen LogP contribution in [0.3, 0.4) is 0 Å². The van der Waals surface area contributed by atoms with Gasteiger partial charge in [-0.05, 0) is 74.1 Å². The molecular formula is C23H32N4O. The average Bonchev–Trinajstić information content (AvgIpc) is 2.69. The molecule has 1 fully saturated rings. The number of nitrogens with one attached hydrogen (secondary N) is 2. The maximum atomic E-state index is 9.05. The molecule has 28 heavy (non-hydrogen) atoms. The predicted octanol–water partition coefficient (Wildman–Crippen LogP) is 2.74. The Balaban J connectivity index is 1.58. The molecule has 0 aliphatic carbocycles. The van der Waals surface area contributed by atoms with Crippen molar-refractivity contribution in [2.24, 2.45) is 11.7 Å². The molecule has 150 valence electrons. The third kappa shape index (κ3) is 5.64. The molecule has 1 heterocycles. The van der Waals surface area contributed by atoms with Gasteiger partial charge in [0.1, 0.15) is 5.84 Å². The van der Waals surface area contributed by atoms with Crippen molar-refractivity contribution in [2.45, 2.75) is 26.3 Å². The molecule has 3 rings (SSSR count). The Labute approximate surface area is 168 Å². The molecule has 1 aliphatic rings. The number of likely N-dealkylation sites (tertiary alicyclic amines) is 1. The number of aliphatic hydroxyl groups is 1. The Morgan fingerprint density at radius 3 is 2.68 bits per heavy atom. The van der Waals surface area contributed by atoms with Crippen molar-refractivity contribution < 1.29 is 5.11 Å². The van der Waals surface area contributed by atoms with Crippen LogP contribution in [-0.4, -0.2) is 48.6 Å². The molecule has 0 bridgehead atoms. The summed E-state index contributed by atoms with van der Waals surface area (Å²) in [7, 11) is 0. The van der Waals surface area contributed by atoms with Crippen LogP contribution >= 0.6 is 0 Å². The molecule has 0 spiro atoms. The van der Waals surface area contributed by atoms with Crippen LogP contribution in [0.5, 0.6) is 0 Å². The van der Waals surface area contributed by atoms with Gasteiger partial charge in [0, 0.05) is 18.7 Å². The molecule has 0 atom stereocenters. The normalized spacial score (nSPS) is 15.6. The first kappa shape index (κ1) is 20.5. The Bertz CT molecular complexity index is 797. The lowest BCUT2D eigenvalue weighted by Gasteiger charge is -2.31. The van der Waals surface area contributed by atoms with Crippen LogP contribution in [0.2, 0.25) is 0 Å². The van der Waals surface area contributed by atoms with E-state index in [0.29, 0.717) is 5.92 Å². The quantitative estimate of drug-likeness (QED) is 0.419. The largest absolute Gasteiger partial charge is 0.395 e. The van der Waals surface area contributed by atoms with Gasteiger partial charge in [-0.3, -0.25) is 5.41 Å². The highest BCUT2D eigenvalue weighted by Gasteiger charge is 2.18. The van der Waals surface area contributed by atoms with Gasteiger partial charge in [0.15, 0.2) is 0 Å². The van der Waals surface area contributed by atoms with E-state index in [4.69, 9.17) is 16.2 Å². The summed E-state index contributed by atoms with van der Waals surface area (Å²) >= 11 is 0. The SMILES string of the molecule is Cc1cc(CNCC2CCN(CCO)CC2)cc(-c2cccc(C(=N)N)c2)c1. The highest BCUT2D eigenvalue weighted by atomic mass is 16.3. The molecule has 5 heteroatoms. The zero-order valence-corrected chi connectivity index (χ0v) is 16.7. The van der Waals surface area contributed by atoms with E-state index in [1.807, 2.05) is 18.2 Å². The number of aryl methyl sites for hydroxylation is 1. The summed E-state index contributed by atoms with van der Waals surface area (Å²) in [4.78, 5) is 2.35. The lowest BCUT2D eigenvalue weighted by atomic mass is 9.96. The number of aliphatic hydroxyl groups excluding tert-OH is 1. The molecular weight excluding hydrogens is 348 g/mol. The Hall–Kier alpha value is -2.21. The maximum absolute atomic E-state index is 9.05. The second kappa shape index (κ2) is 9.82. The number of β-amino-alcohol motifs (C(OH)–C–C–N with tert-alkyl or cyclic N) is 1. The van der Waals surface area contributed by atoms with Crippen molar-refractivity contribution in [1.82, 2.24) is 10.2 Å². The van der Waals surface area contributed by atoms with E-state index < -0.39 is 0 Å². The summed E-state index contributed by atoms with van der Waals surface area (Å²) in [5, 5.41) is 20.3. The van der Waals surface area contributed by atoms with E-state index in [1.54, 1.807) is 0 Å². The summed E-state index contributed by atoms with van der Waals surface area (Å²) < 4.78 is 0. The van der Waals surface area contributed by atoms with Crippen LogP contribution in [0.15, 0.2) is 42.5 Å². The predicted molar refractivity (Wildman–Crippen MR) is 116 cm³/mol. The van der Waals surface area contributed by atoms with E-state index in [1.165, 1.54) is 24.0 Å². The van der Waals surface area contributed by atoms with Gasteiger partial charge in [0.25, 0.3) is 0 Å². The lowest BCUT2D eigenvalue weighted by molar-refractivity contribution is 0.146. The van der Waals surface area contributed by atoms with Crippen molar-refractivity contribution in [3.05, 3.63) is 59.2 Å². The van der Waals surface area contributed by atoms with Crippen molar-refractivity contribution in [3.63, 3.8) is 0 Å². The van der Waals surface area contributed by atoms with Crippen molar-refractivity contribution >= 4 is 5.84 Å². The van der Waals surface area contributed by atoms with Gasteiger partial charge < -0.3 is 21.1 Å². The van der Waals surface area contributed by atoms with Crippen LogP contribution in [0, 0.1) is 18.3 Å². The minimum atomic E-state index is 0.0985. The first-order chi connectivity index (χ1) is 13.5. The minimum Gasteiger partial charge on any atom is -0.395 e. The summed E-state index contributed by atoms with van der Waals surface area (Å²) in [5.41, 5.74) is 11.2. The topological polar surface area (TPSA) is 85.4 Å². The Morgan fingerprint density at radius 2 is 1.96 bits per heavy atom. The average molecular weight is 381 g/mol. The molecule has 5 nitrogen and oxygen atoms in total. The van der Waals surface area contributed by atoms with Gasteiger partial charge in [-0.25, -0.2) is 0 Å². The van der Waals surface area contributed by atoms with Crippen molar-refractivity contribution in [2.75, 3.05) is 32.8 Å². The van der Waals surface area contributed by atoms with Gasteiger partial charge in [-0.2, -0.15) is 0 Å². The number of rotatable bonds is 8. The van der Waals surface area contributed by atoms with Gasteiger partial charge in [0.2, 0.25) is 0 Å². The third-order valence-electron chi connectivity index (χ3n) is 5.53. The highest BCUT2D eigenvalue weighted by molar-refractivity contribution is 5.96. The Morgan fingerprint density at radius 1 is 1.18 bits per heavy atom. The summed E-state index contributed by atoms with van der Waals surface area (Å²) in [6.07, 6.45) is 2.40. The number of piperidine rings is 1. The number of nitrogens with zero attached hydrogens (tertiary/aromatic N) is 1. The summed E-state index contributed by atoms with van der Waals surface area (Å²) in [6.45, 7) is 7.26. The number of hydrogen-bond donors (Lipinski definition) is 4.